The van der Waals surface area contributed by atoms with E-state index < -0.39 is 0 Å². The number of thiazole rings is 1. The van der Waals surface area contributed by atoms with Crippen molar-refractivity contribution in [1.29, 1.82) is 0 Å². The van der Waals surface area contributed by atoms with Gasteiger partial charge in [-0.25, -0.2) is 4.98 Å². The molecule has 0 bridgehead atoms. The molecule has 0 unspecified atom stereocenters. The normalized spacial score (nSPS) is 15.4. The van der Waals surface area contributed by atoms with Crippen molar-refractivity contribution in [2.45, 2.75) is 13.3 Å². The van der Waals surface area contributed by atoms with E-state index in [2.05, 4.69) is 10.3 Å². The Bertz CT molecular complexity index is 963. The molecule has 3 heterocycles. The van der Waals surface area contributed by atoms with Gasteiger partial charge in [0.1, 0.15) is 5.75 Å². The van der Waals surface area contributed by atoms with Gasteiger partial charge in [-0.05, 0) is 18.4 Å². The van der Waals surface area contributed by atoms with Crippen LogP contribution < -0.4 is 10.1 Å². The molecule has 1 saturated heterocycles. The zero-order valence-corrected chi connectivity index (χ0v) is 15.3. The van der Waals surface area contributed by atoms with E-state index in [0.717, 1.165) is 25.3 Å². The molecule has 4 rings (SSSR count). The van der Waals surface area contributed by atoms with E-state index in [-0.39, 0.29) is 18.4 Å². The molecule has 0 atom stereocenters. The number of hydrogen-bond acceptors (Lipinski definition) is 6. The Morgan fingerprint density at radius 1 is 1.44 bits per heavy atom. The Labute approximate surface area is 152 Å². The van der Waals surface area contributed by atoms with Crippen LogP contribution in [0, 0.1) is 6.92 Å². The first-order valence-electron chi connectivity index (χ1n) is 8.06. The number of thiophene rings is 1. The third-order valence-electron chi connectivity index (χ3n) is 4.18. The number of nitrogens with zero attached hydrogens (tertiary/aromatic N) is 2. The highest BCUT2D eigenvalue weighted by Gasteiger charge is 2.20. The van der Waals surface area contributed by atoms with Gasteiger partial charge in [-0.15, -0.1) is 22.7 Å². The zero-order chi connectivity index (χ0) is 17.4. The molecule has 1 aliphatic heterocycles. The van der Waals surface area contributed by atoms with Crippen LogP contribution in [-0.4, -0.2) is 47.9 Å². The molecule has 0 saturated carbocycles. The van der Waals surface area contributed by atoms with Gasteiger partial charge < -0.3 is 15.0 Å². The van der Waals surface area contributed by atoms with E-state index in [1.807, 2.05) is 24.4 Å². The van der Waals surface area contributed by atoms with Gasteiger partial charge in [-0.3, -0.25) is 9.59 Å². The molecular formula is C17H17N3O3S2. The predicted octanol–water partition coefficient (Wildman–Crippen LogP) is 2.55. The summed E-state index contributed by atoms with van der Waals surface area (Å²) in [5.41, 5.74) is 1.00. The fraction of sp³-hybridized carbons (Fsp3) is 0.353. The van der Waals surface area contributed by atoms with Crippen LogP contribution in [0.2, 0.25) is 0 Å². The third kappa shape index (κ3) is 3.19. The number of amides is 2. The number of fused-ring (bicyclic) bond motifs is 3. The van der Waals surface area contributed by atoms with Crippen LogP contribution >= 0.6 is 22.7 Å². The maximum atomic E-state index is 12.4. The van der Waals surface area contributed by atoms with Gasteiger partial charge in [0.2, 0.25) is 5.91 Å². The van der Waals surface area contributed by atoms with Gasteiger partial charge in [0.05, 0.1) is 19.9 Å². The van der Waals surface area contributed by atoms with Gasteiger partial charge in [-0.1, -0.05) is 0 Å². The Balaban J connectivity index is 1.54. The standard InChI is InChI=1S/C17H17N3O3S2/c1-10-19-16-13(25-10)8-12(11-3-7-24-17(11)16)23-9-15(22)20-5-2-14(21)18-4-6-20/h3,7-8H,2,4-6,9H2,1H3,(H,18,21). The lowest BCUT2D eigenvalue weighted by Crippen LogP contribution is -2.37. The number of carbonyl (C=O) groups excluding carboxylic acids is 2. The van der Waals surface area contributed by atoms with E-state index in [4.69, 9.17) is 4.74 Å². The highest BCUT2D eigenvalue weighted by molar-refractivity contribution is 7.21. The molecule has 0 radical (unpaired) electrons. The van der Waals surface area contributed by atoms with E-state index in [1.54, 1.807) is 27.6 Å². The summed E-state index contributed by atoms with van der Waals surface area (Å²) in [7, 11) is 0. The fourth-order valence-electron chi connectivity index (χ4n) is 2.95. The molecule has 1 aromatic carbocycles. The van der Waals surface area contributed by atoms with Crippen molar-refractivity contribution >= 4 is 54.8 Å². The van der Waals surface area contributed by atoms with Crippen LogP contribution in [0.4, 0.5) is 0 Å². The van der Waals surface area contributed by atoms with Crippen molar-refractivity contribution in [2.75, 3.05) is 26.2 Å². The number of benzene rings is 1. The number of ether oxygens (including phenoxy) is 1. The largest absolute Gasteiger partial charge is 0.483 e. The Kier molecular flexibility index (Phi) is 4.30. The van der Waals surface area contributed by atoms with Gasteiger partial charge in [-0.2, -0.15) is 0 Å². The van der Waals surface area contributed by atoms with Crippen molar-refractivity contribution in [3.8, 4) is 5.75 Å². The first kappa shape index (κ1) is 16.3. The molecule has 2 amide bonds. The summed E-state index contributed by atoms with van der Waals surface area (Å²) in [6.07, 6.45) is 0.340. The smallest absolute Gasteiger partial charge is 0.260 e. The number of aryl methyl sites for hydroxylation is 1. The number of carbonyl (C=O) groups is 2. The molecule has 6 nitrogen and oxygen atoms in total. The minimum atomic E-state index is -0.0968. The topological polar surface area (TPSA) is 71.5 Å². The highest BCUT2D eigenvalue weighted by Crippen LogP contribution is 2.38. The maximum absolute atomic E-state index is 12.4. The first-order valence-corrected chi connectivity index (χ1v) is 9.76. The second kappa shape index (κ2) is 6.61. The third-order valence-corrected chi connectivity index (χ3v) is 6.02. The monoisotopic (exact) mass is 375 g/mol. The molecule has 3 aromatic rings. The van der Waals surface area contributed by atoms with Crippen LogP contribution in [0.15, 0.2) is 17.5 Å². The number of aromatic nitrogens is 1. The molecule has 0 spiro atoms. The lowest BCUT2D eigenvalue weighted by atomic mass is 10.2. The Morgan fingerprint density at radius 3 is 3.20 bits per heavy atom. The van der Waals surface area contributed by atoms with E-state index in [0.29, 0.717) is 31.8 Å². The SMILES string of the molecule is Cc1nc2c(cc(OCC(=O)N3CCNC(=O)CC3)c3ccsc32)s1. The maximum Gasteiger partial charge on any atom is 0.260 e. The van der Waals surface area contributed by atoms with Crippen LogP contribution in [0.1, 0.15) is 11.4 Å². The minimum absolute atomic E-state index is 0.0118. The average molecular weight is 375 g/mol. The number of hydrogen-bond donors (Lipinski definition) is 1. The first-order chi connectivity index (χ1) is 12.1. The Morgan fingerprint density at radius 2 is 2.32 bits per heavy atom. The van der Waals surface area contributed by atoms with Gasteiger partial charge in [0.25, 0.3) is 5.91 Å². The zero-order valence-electron chi connectivity index (χ0n) is 13.7. The lowest BCUT2D eigenvalue weighted by molar-refractivity contribution is -0.133. The van der Waals surface area contributed by atoms with E-state index in [9.17, 15) is 9.59 Å². The Hall–Kier alpha value is -2.19. The molecule has 130 valence electrons. The molecule has 1 N–H and O–H groups in total. The van der Waals surface area contributed by atoms with Gasteiger partial charge >= 0.3 is 0 Å². The van der Waals surface area contributed by atoms with Crippen molar-refractivity contribution in [1.82, 2.24) is 15.2 Å². The fourth-order valence-corrected chi connectivity index (χ4v) is 4.79. The molecule has 0 aliphatic carbocycles. The molecule has 8 heteroatoms. The molecule has 2 aromatic heterocycles. The molecular weight excluding hydrogens is 358 g/mol. The molecule has 1 fully saturated rings. The summed E-state index contributed by atoms with van der Waals surface area (Å²) in [6.45, 7) is 3.42. The predicted molar refractivity (Wildman–Crippen MR) is 99.4 cm³/mol. The van der Waals surface area contributed by atoms with E-state index in [1.165, 1.54) is 0 Å². The van der Waals surface area contributed by atoms with Gasteiger partial charge in [0.15, 0.2) is 6.61 Å². The second-order valence-corrected chi connectivity index (χ2v) is 8.04. The summed E-state index contributed by atoms with van der Waals surface area (Å²) in [6, 6.07) is 3.97. The second-order valence-electron chi connectivity index (χ2n) is 5.89. The summed E-state index contributed by atoms with van der Waals surface area (Å²) in [5.74, 6) is 0.604. The number of rotatable bonds is 3. The van der Waals surface area contributed by atoms with Crippen molar-refractivity contribution in [3.05, 3.63) is 22.5 Å². The summed E-state index contributed by atoms with van der Waals surface area (Å²) >= 11 is 3.26. The van der Waals surface area contributed by atoms with E-state index >= 15 is 0 Å². The van der Waals surface area contributed by atoms with Gasteiger partial charge in [0, 0.05) is 37.5 Å². The molecule has 1 aliphatic rings. The van der Waals surface area contributed by atoms with Crippen LogP contribution in [0.25, 0.3) is 20.3 Å². The van der Waals surface area contributed by atoms with Crippen molar-refractivity contribution in [2.24, 2.45) is 0 Å². The van der Waals surface area contributed by atoms with Crippen molar-refractivity contribution < 1.29 is 14.3 Å². The van der Waals surface area contributed by atoms with Crippen molar-refractivity contribution in [3.63, 3.8) is 0 Å². The average Bonchev–Trinajstić information content (AvgIpc) is 3.15. The molecule has 25 heavy (non-hydrogen) atoms. The van der Waals surface area contributed by atoms with Crippen LogP contribution in [0.5, 0.6) is 5.75 Å². The van der Waals surface area contributed by atoms with Crippen LogP contribution in [0.3, 0.4) is 0 Å². The highest BCUT2D eigenvalue weighted by atomic mass is 32.1. The summed E-state index contributed by atoms with van der Waals surface area (Å²) < 4.78 is 8.03. The quantitative estimate of drug-likeness (QED) is 0.764. The summed E-state index contributed by atoms with van der Waals surface area (Å²) in [5, 5.41) is 6.78. The lowest BCUT2D eigenvalue weighted by Gasteiger charge is -2.19. The number of nitrogens with one attached hydrogen (secondary N) is 1. The van der Waals surface area contributed by atoms with Crippen LogP contribution in [-0.2, 0) is 9.59 Å². The minimum Gasteiger partial charge on any atom is -0.483 e. The summed E-state index contributed by atoms with van der Waals surface area (Å²) in [4.78, 5) is 30.1.